The number of carbonyl (C=O) groups is 2. The standard InChI is InChI=1S/C17H17N3O6S2/c1-11(21)19-14-9-8-12(10-15(14)20(16(18)22)17(27)25-2)26-28(23,24)13-6-4-3-5-7-13/h3-10H,1-2H3,(H2,18,22)(H,19,21). The van der Waals surface area contributed by atoms with Gasteiger partial charge in [0, 0.05) is 13.0 Å². The number of primary amides is 1. The van der Waals surface area contributed by atoms with E-state index < -0.39 is 22.1 Å². The lowest BCUT2D eigenvalue weighted by Gasteiger charge is -2.23. The minimum Gasteiger partial charge on any atom is -0.474 e. The zero-order valence-electron chi connectivity index (χ0n) is 14.9. The van der Waals surface area contributed by atoms with Crippen LogP contribution in [0.1, 0.15) is 6.92 Å². The Balaban J connectivity index is 2.52. The summed E-state index contributed by atoms with van der Waals surface area (Å²) in [4.78, 5) is 24.1. The maximum Gasteiger partial charge on any atom is 0.339 e. The van der Waals surface area contributed by atoms with Crippen LogP contribution < -0.4 is 20.1 Å². The Morgan fingerprint density at radius 3 is 2.32 bits per heavy atom. The second kappa shape index (κ2) is 8.67. The van der Waals surface area contributed by atoms with Gasteiger partial charge in [-0.3, -0.25) is 4.79 Å². The molecule has 11 heteroatoms. The molecule has 3 amide bonds. The van der Waals surface area contributed by atoms with Gasteiger partial charge in [0.25, 0.3) is 5.17 Å². The molecule has 9 nitrogen and oxygen atoms in total. The molecule has 0 fully saturated rings. The maximum absolute atomic E-state index is 12.4. The van der Waals surface area contributed by atoms with Crippen LogP contribution in [0.15, 0.2) is 53.4 Å². The highest BCUT2D eigenvalue weighted by Gasteiger charge is 2.24. The van der Waals surface area contributed by atoms with Crippen LogP contribution >= 0.6 is 12.2 Å². The number of benzene rings is 2. The number of nitrogens with one attached hydrogen (secondary N) is 1. The first kappa shape index (κ1) is 21.1. The van der Waals surface area contributed by atoms with Crippen molar-refractivity contribution in [2.45, 2.75) is 11.8 Å². The van der Waals surface area contributed by atoms with Crippen molar-refractivity contribution < 1.29 is 26.9 Å². The van der Waals surface area contributed by atoms with Crippen molar-refractivity contribution in [1.82, 2.24) is 0 Å². The third-order valence-corrected chi connectivity index (χ3v) is 4.95. The van der Waals surface area contributed by atoms with E-state index in [0.717, 1.165) is 4.90 Å². The molecule has 0 bridgehead atoms. The van der Waals surface area contributed by atoms with Gasteiger partial charge < -0.3 is 20.0 Å². The average molecular weight is 423 g/mol. The third-order valence-electron chi connectivity index (χ3n) is 3.34. The second-order valence-corrected chi connectivity index (χ2v) is 7.25. The summed E-state index contributed by atoms with van der Waals surface area (Å²) in [7, 11) is -2.89. The van der Waals surface area contributed by atoms with E-state index in [4.69, 9.17) is 26.9 Å². The Morgan fingerprint density at radius 1 is 1.14 bits per heavy atom. The molecule has 3 N–H and O–H groups in total. The lowest BCUT2D eigenvalue weighted by atomic mass is 10.2. The summed E-state index contributed by atoms with van der Waals surface area (Å²) in [6.45, 7) is 1.26. The first-order valence-electron chi connectivity index (χ1n) is 7.74. The molecule has 0 heterocycles. The van der Waals surface area contributed by atoms with E-state index in [1.54, 1.807) is 18.2 Å². The molecular weight excluding hydrogens is 406 g/mol. The molecule has 0 aromatic heterocycles. The normalized spacial score (nSPS) is 10.6. The third kappa shape index (κ3) is 4.96. The lowest BCUT2D eigenvalue weighted by molar-refractivity contribution is -0.114. The van der Waals surface area contributed by atoms with E-state index in [2.05, 4.69) is 5.32 Å². The van der Waals surface area contributed by atoms with Gasteiger partial charge in [-0.1, -0.05) is 18.2 Å². The van der Waals surface area contributed by atoms with Gasteiger partial charge in [0.15, 0.2) is 0 Å². The highest BCUT2D eigenvalue weighted by Crippen LogP contribution is 2.32. The van der Waals surface area contributed by atoms with Gasteiger partial charge >= 0.3 is 16.1 Å². The molecule has 0 spiro atoms. The molecule has 2 aromatic rings. The predicted molar refractivity (Wildman–Crippen MR) is 107 cm³/mol. The topological polar surface area (TPSA) is 128 Å². The number of amides is 3. The smallest absolute Gasteiger partial charge is 0.339 e. The number of rotatable bonds is 5. The van der Waals surface area contributed by atoms with Gasteiger partial charge in [0.1, 0.15) is 10.6 Å². The first-order valence-corrected chi connectivity index (χ1v) is 9.56. The number of thiocarbonyl (C=S) groups is 1. The molecule has 148 valence electrons. The lowest BCUT2D eigenvalue weighted by Crippen LogP contribution is -2.41. The Labute approximate surface area is 167 Å². The highest BCUT2D eigenvalue weighted by molar-refractivity contribution is 7.87. The van der Waals surface area contributed by atoms with Gasteiger partial charge in [-0.2, -0.15) is 8.42 Å². The molecular formula is C17H17N3O6S2. The molecule has 0 atom stereocenters. The molecule has 0 radical (unpaired) electrons. The van der Waals surface area contributed by atoms with Crippen molar-refractivity contribution in [3.63, 3.8) is 0 Å². The van der Waals surface area contributed by atoms with Crippen molar-refractivity contribution in [3.8, 4) is 5.75 Å². The van der Waals surface area contributed by atoms with Gasteiger partial charge in [-0.05, 0) is 36.5 Å². The number of anilines is 2. The van der Waals surface area contributed by atoms with Gasteiger partial charge in [-0.25, -0.2) is 9.69 Å². The van der Waals surface area contributed by atoms with Crippen molar-refractivity contribution in [2.75, 3.05) is 17.3 Å². The van der Waals surface area contributed by atoms with Crippen LogP contribution in [0.4, 0.5) is 16.2 Å². The average Bonchev–Trinajstić information content (AvgIpc) is 2.63. The number of hydrogen-bond donors (Lipinski definition) is 2. The van der Waals surface area contributed by atoms with Crippen molar-refractivity contribution >= 4 is 50.8 Å². The van der Waals surface area contributed by atoms with Crippen LogP contribution in [0.2, 0.25) is 0 Å². The van der Waals surface area contributed by atoms with Crippen LogP contribution in [0.25, 0.3) is 0 Å². The fraction of sp³-hybridized carbons (Fsp3) is 0.118. The first-order chi connectivity index (χ1) is 13.2. The van der Waals surface area contributed by atoms with E-state index in [1.165, 1.54) is 44.4 Å². The van der Waals surface area contributed by atoms with Gasteiger partial charge in [0.05, 0.1) is 18.5 Å². The molecule has 0 aliphatic rings. The number of ether oxygens (including phenoxy) is 1. The summed E-state index contributed by atoms with van der Waals surface area (Å²) in [5, 5.41) is 2.20. The Bertz CT molecular complexity index is 1010. The fourth-order valence-corrected chi connectivity index (χ4v) is 3.34. The summed E-state index contributed by atoms with van der Waals surface area (Å²) in [5.41, 5.74) is 5.49. The monoisotopic (exact) mass is 423 g/mol. The summed E-state index contributed by atoms with van der Waals surface area (Å²) in [5.74, 6) is -0.558. The fourth-order valence-electron chi connectivity index (χ4n) is 2.20. The molecule has 2 rings (SSSR count). The molecule has 0 saturated heterocycles. The van der Waals surface area contributed by atoms with Crippen molar-refractivity contribution in [1.29, 1.82) is 0 Å². The van der Waals surface area contributed by atoms with Crippen LogP contribution in [-0.2, 0) is 19.6 Å². The second-order valence-electron chi connectivity index (χ2n) is 5.35. The number of nitrogens with two attached hydrogens (primary N) is 1. The van der Waals surface area contributed by atoms with E-state index in [9.17, 15) is 18.0 Å². The van der Waals surface area contributed by atoms with E-state index in [0.29, 0.717) is 0 Å². The molecule has 0 saturated carbocycles. The molecule has 2 aromatic carbocycles. The summed E-state index contributed by atoms with van der Waals surface area (Å²) in [6, 6.07) is 10.4. The van der Waals surface area contributed by atoms with Crippen molar-refractivity contribution in [3.05, 3.63) is 48.5 Å². The number of methoxy groups -OCH3 is 1. The summed E-state index contributed by atoms with van der Waals surface area (Å²) >= 11 is 4.97. The Morgan fingerprint density at radius 2 is 1.79 bits per heavy atom. The molecule has 0 aliphatic heterocycles. The largest absolute Gasteiger partial charge is 0.474 e. The summed E-state index contributed by atoms with van der Waals surface area (Å²) in [6.07, 6.45) is 0. The maximum atomic E-state index is 12.4. The summed E-state index contributed by atoms with van der Waals surface area (Å²) < 4.78 is 34.9. The minimum atomic E-state index is -4.12. The van der Waals surface area contributed by atoms with Crippen molar-refractivity contribution in [2.24, 2.45) is 5.73 Å². The molecule has 0 unspecified atom stereocenters. The molecule has 28 heavy (non-hydrogen) atoms. The quantitative estimate of drug-likeness (QED) is 0.557. The highest BCUT2D eigenvalue weighted by atomic mass is 32.2. The van der Waals surface area contributed by atoms with Gasteiger partial charge in [0.2, 0.25) is 5.91 Å². The Kier molecular flexibility index (Phi) is 6.54. The number of nitrogens with zero attached hydrogens (tertiary/aromatic N) is 1. The van der Waals surface area contributed by atoms with E-state index >= 15 is 0 Å². The minimum absolute atomic E-state index is 0.0182. The number of hydrogen-bond acceptors (Lipinski definition) is 7. The van der Waals surface area contributed by atoms with Crippen LogP contribution in [0, 0.1) is 0 Å². The van der Waals surface area contributed by atoms with E-state index in [-0.39, 0.29) is 27.2 Å². The zero-order valence-corrected chi connectivity index (χ0v) is 16.5. The predicted octanol–water partition coefficient (Wildman–Crippen LogP) is 2.23. The molecule has 0 aliphatic carbocycles. The van der Waals surface area contributed by atoms with Gasteiger partial charge in [-0.15, -0.1) is 0 Å². The van der Waals surface area contributed by atoms with Crippen LogP contribution in [-0.4, -0.2) is 32.6 Å². The van der Waals surface area contributed by atoms with Crippen LogP contribution in [0.3, 0.4) is 0 Å². The SMILES string of the molecule is COC(=S)N(C(N)=O)c1cc(OS(=O)(=O)c2ccccc2)ccc1NC(C)=O. The number of urea groups is 1. The Hall–Kier alpha value is -3.18. The van der Waals surface area contributed by atoms with E-state index in [1.807, 2.05) is 0 Å². The number of carbonyl (C=O) groups excluding carboxylic acids is 2. The van der Waals surface area contributed by atoms with Crippen LogP contribution in [0.5, 0.6) is 5.75 Å². The zero-order chi connectivity index (χ0) is 20.9.